The molecule has 0 saturated carbocycles. The number of benzene rings is 2. The lowest BCUT2D eigenvalue weighted by atomic mass is 9.76. The van der Waals surface area contributed by atoms with Crippen LogP contribution in [0.25, 0.3) is 0 Å². The van der Waals surface area contributed by atoms with Gasteiger partial charge in [-0.15, -0.1) is 0 Å². The second-order valence-corrected chi connectivity index (χ2v) is 8.79. The maximum atomic E-state index is 13.6. The van der Waals surface area contributed by atoms with Gasteiger partial charge in [-0.05, 0) is 31.9 Å². The summed E-state index contributed by atoms with van der Waals surface area (Å²) in [6.07, 6.45) is -0.362. The number of aryl methyl sites for hydroxylation is 1. The van der Waals surface area contributed by atoms with E-state index in [2.05, 4.69) is 10.6 Å². The molecule has 0 radical (unpaired) electrons. The average molecular weight is 419 g/mol. The Balaban J connectivity index is 1.55. The van der Waals surface area contributed by atoms with E-state index < -0.39 is 29.5 Å². The lowest BCUT2D eigenvalue weighted by Crippen LogP contribution is -2.55. The Bertz CT molecular complexity index is 1080. The largest absolute Gasteiger partial charge is 0.392 e. The molecule has 7 heteroatoms. The minimum atomic E-state index is -1.36. The maximum absolute atomic E-state index is 13.6. The van der Waals surface area contributed by atoms with Crippen molar-refractivity contribution in [2.24, 2.45) is 11.8 Å². The molecule has 2 fully saturated rings. The SMILES string of the molecule is Cc1ccc2c(c1)[C@]1(N[C@H]([C@@H](C)O)[C@H]3C(=O)N(CCc4ccccc4)C(=O)[C@@H]31)C(=O)N2. The summed E-state index contributed by atoms with van der Waals surface area (Å²) in [5.41, 5.74) is 1.92. The number of imide groups is 1. The number of amides is 3. The van der Waals surface area contributed by atoms with Crippen LogP contribution < -0.4 is 10.6 Å². The van der Waals surface area contributed by atoms with E-state index >= 15 is 0 Å². The summed E-state index contributed by atoms with van der Waals surface area (Å²) in [5, 5.41) is 16.6. The van der Waals surface area contributed by atoms with Crippen LogP contribution in [0.15, 0.2) is 48.5 Å². The summed E-state index contributed by atoms with van der Waals surface area (Å²) >= 11 is 0. The topological polar surface area (TPSA) is 98.7 Å². The van der Waals surface area contributed by atoms with Crippen molar-refractivity contribution in [3.05, 3.63) is 65.2 Å². The molecule has 2 aromatic carbocycles. The maximum Gasteiger partial charge on any atom is 0.250 e. The van der Waals surface area contributed by atoms with Gasteiger partial charge < -0.3 is 10.4 Å². The van der Waals surface area contributed by atoms with Crippen LogP contribution in [0.1, 0.15) is 23.6 Å². The quantitative estimate of drug-likeness (QED) is 0.650. The zero-order valence-corrected chi connectivity index (χ0v) is 17.5. The smallest absolute Gasteiger partial charge is 0.250 e. The zero-order valence-electron chi connectivity index (χ0n) is 17.5. The number of carbonyl (C=O) groups is 3. The molecule has 3 amide bonds. The van der Waals surface area contributed by atoms with Crippen molar-refractivity contribution < 1.29 is 19.5 Å². The number of carbonyl (C=O) groups excluding carboxylic acids is 3. The number of fused-ring (bicyclic) bond motifs is 4. The molecular formula is C24H25N3O4. The lowest BCUT2D eigenvalue weighted by Gasteiger charge is -2.30. The van der Waals surface area contributed by atoms with Gasteiger partial charge in [0, 0.05) is 23.8 Å². The molecule has 0 aliphatic carbocycles. The number of aliphatic hydroxyl groups excluding tert-OH is 1. The van der Waals surface area contributed by atoms with Crippen LogP contribution in [0, 0.1) is 18.8 Å². The van der Waals surface area contributed by atoms with E-state index in [1.54, 1.807) is 6.92 Å². The number of aliphatic hydroxyl groups is 1. The van der Waals surface area contributed by atoms with Crippen LogP contribution in [-0.2, 0) is 26.3 Å². The Morgan fingerprint density at radius 3 is 2.55 bits per heavy atom. The Morgan fingerprint density at radius 2 is 1.84 bits per heavy atom. The van der Waals surface area contributed by atoms with Crippen molar-refractivity contribution in [2.75, 3.05) is 11.9 Å². The van der Waals surface area contributed by atoms with Gasteiger partial charge >= 0.3 is 0 Å². The van der Waals surface area contributed by atoms with Gasteiger partial charge in [0.15, 0.2) is 0 Å². The molecule has 3 N–H and O–H groups in total. The van der Waals surface area contributed by atoms with Crippen LogP contribution in [-0.4, -0.2) is 46.4 Å². The standard InChI is InChI=1S/C24H25N3O4/c1-13-8-9-17-16(12-13)24(23(31)25-17)19-18(20(26-24)14(2)28)21(29)27(22(19)30)11-10-15-6-4-3-5-7-15/h3-9,12,14,18-20,26,28H,10-11H2,1-2H3,(H,25,31)/t14-,18+,19-,20-,24-/m1/s1. The number of rotatable bonds is 4. The Morgan fingerprint density at radius 1 is 1.10 bits per heavy atom. The van der Waals surface area contributed by atoms with Crippen LogP contribution >= 0.6 is 0 Å². The van der Waals surface area contributed by atoms with E-state index in [0.29, 0.717) is 17.7 Å². The second kappa shape index (κ2) is 7.00. The van der Waals surface area contributed by atoms with Crippen molar-refractivity contribution in [1.82, 2.24) is 10.2 Å². The molecule has 0 unspecified atom stereocenters. The van der Waals surface area contributed by atoms with Gasteiger partial charge in [0.2, 0.25) is 17.7 Å². The first-order valence-corrected chi connectivity index (χ1v) is 10.6. The molecule has 3 heterocycles. The van der Waals surface area contributed by atoms with Crippen molar-refractivity contribution in [1.29, 1.82) is 0 Å². The molecule has 5 rings (SSSR count). The number of nitrogens with one attached hydrogen (secondary N) is 2. The van der Waals surface area contributed by atoms with Crippen LogP contribution in [0.4, 0.5) is 5.69 Å². The summed E-state index contributed by atoms with van der Waals surface area (Å²) in [6, 6.07) is 14.6. The molecule has 2 saturated heterocycles. The fourth-order valence-electron chi connectivity index (χ4n) is 5.43. The van der Waals surface area contributed by atoms with Crippen LogP contribution in [0.2, 0.25) is 0 Å². The predicted octanol–water partition coefficient (Wildman–Crippen LogP) is 1.34. The van der Waals surface area contributed by atoms with E-state index in [-0.39, 0.29) is 24.3 Å². The normalized spacial score (nSPS) is 30.0. The molecule has 0 aromatic heterocycles. The van der Waals surface area contributed by atoms with Crippen molar-refractivity contribution in [3.63, 3.8) is 0 Å². The van der Waals surface area contributed by atoms with Gasteiger partial charge in [-0.1, -0.05) is 48.0 Å². The molecule has 31 heavy (non-hydrogen) atoms. The number of hydrogen-bond donors (Lipinski definition) is 3. The van der Waals surface area contributed by atoms with Crippen molar-refractivity contribution in [2.45, 2.75) is 38.0 Å². The lowest BCUT2D eigenvalue weighted by molar-refractivity contribution is -0.143. The van der Waals surface area contributed by atoms with Gasteiger partial charge in [-0.3, -0.25) is 24.6 Å². The summed E-state index contributed by atoms with van der Waals surface area (Å²) in [4.78, 5) is 41.5. The summed E-state index contributed by atoms with van der Waals surface area (Å²) in [5.74, 6) is -2.71. The zero-order chi connectivity index (χ0) is 21.9. The van der Waals surface area contributed by atoms with Gasteiger partial charge in [0.05, 0.1) is 17.9 Å². The van der Waals surface area contributed by atoms with Gasteiger partial charge in [0.1, 0.15) is 5.54 Å². The highest BCUT2D eigenvalue weighted by atomic mass is 16.3. The first-order valence-electron chi connectivity index (χ1n) is 10.6. The highest BCUT2D eigenvalue weighted by molar-refractivity contribution is 6.15. The van der Waals surface area contributed by atoms with Crippen molar-refractivity contribution >= 4 is 23.4 Å². The highest BCUT2D eigenvalue weighted by Gasteiger charge is 2.70. The third-order valence-electron chi connectivity index (χ3n) is 6.88. The van der Waals surface area contributed by atoms with Crippen LogP contribution in [0.5, 0.6) is 0 Å². The monoisotopic (exact) mass is 419 g/mol. The average Bonchev–Trinajstić information content (AvgIpc) is 3.33. The first-order chi connectivity index (χ1) is 14.8. The minimum Gasteiger partial charge on any atom is -0.392 e. The molecule has 2 aromatic rings. The molecular weight excluding hydrogens is 394 g/mol. The van der Waals surface area contributed by atoms with E-state index in [4.69, 9.17) is 0 Å². The highest BCUT2D eigenvalue weighted by Crippen LogP contribution is 2.53. The molecule has 0 bridgehead atoms. The third kappa shape index (κ3) is 2.77. The number of nitrogens with zero attached hydrogens (tertiary/aromatic N) is 1. The van der Waals surface area contributed by atoms with E-state index in [1.165, 1.54) is 4.90 Å². The van der Waals surface area contributed by atoms with Gasteiger partial charge in [-0.25, -0.2) is 0 Å². The molecule has 160 valence electrons. The number of hydrogen-bond acceptors (Lipinski definition) is 5. The Hall–Kier alpha value is -3.03. The fraction of sp³-hybridized carbons (Fsp3) is 0.375. The number of likely N-dealkylation sites (tertiary alicyclic amines) is 1. The molecule has 3 aliphatic heterocycles. The van der Waals surface area contributed by atoms with Crippen molar-refractivity contribution in [3.8, 4) is 0 Å². The summed E-state index contributed by atoms with van der Waals surface area (Å²) in [7, 11) is 0. The summed E-state index contributed by atoms with van der Waals surface area (Å²) in [6.45, 7) is 3.75. The Labute approximate surface area is 180 Å². The molecule has 5 atom stereocenters. The minimum absolute atomic E-state index is 0.250. The molecule has 3 aliphatic rings. The summed E-state index contributed by atoms with van der Waals surface area (Å²) < 4.78 is 0. The van der Waals surface area contributed by atoms with Crippen LogP contribution in [0.3, 0.4) is 0 Å². The molecule has 1 spiro atoms. The third-order valence-corrected chi connectivity index (χ3v) is 6.88. The Kier molecular flexibility index (Phi) is 4.50. The van der Waals surface area contributed by atoms with E-state index in [1.807, 2.05) is 55.5 Å². The predicted molar refractivity (Wildman–Crippen MR) is 114 cm³/mol. The second-order valence-electron chi connectivity index (χ2n) is 8.79. The van der Waals surface area contributed by atoms with Gasteiger partial charge in [-0.2, -0.15) is 0 Å². The first kappa shape index (κ1) is 19.9. The van der Waals surface area contributed by atoms with Gasteiger partial charge in [0.25, 0.3) is 0 Å². The molecule has 7 nitrogen and oxygen atoms in total. The van der Waals surface area contributed by atoms with E-state index in [0.717, 1.165) is 11.1 Å². The van der Waals surface area contributed by atoms with E-state index in [9.17, 15) is 19.5 Å². The fourth-order valence-corrected chi connectivity index (χ4v) is 5.43. The number of anilines is 1.